The highest BCUT2D eigenvalue weighted by atomic mass is 32.2. The van der Waals surface area contributed by atoms with E-state index in [0.717, 1.165) is 26.1 Å². The smallest absolute Gasteiger partial charge is 0.205 e. The number of thioether (sulfide) groups is 1. The first-order valence-corrected chi connectivity index (χ1v) is 6.78. The molecule has 1 N–H and O–H groups in total. The van der Waals surface area contributed by atoms with Crippen molar-refractivity contribution >= 4 is 39.8 Å². The molecule has 2 aromatic heterocycles. The van der Waals surface area contributed by atoms with Gasteiger partial charge >= 0.3 is 0 Å². The van der Waals surface area contributed by atoms with Gasteiger partial charge in [-0.25, -0.2) is 4.98 Å². The van der Waals surface area contributed by atoms with E-state index in [2.05, 4.69) is 24.9 Å². The van der Waals surface area contributed by atoms with Crippen molar-refractivity contribution in [1.29, 1.82) is 0 Å². The standard InChI is InChI=1S/C7H9N5S3/c1-4-9-7(15-12-4)13-3-5-10-11-6(8-2)14-5/h3H2,1-2H3,(H,8,11). The number of hydrogen-bond donors (Lipinski definition) is 1. The molecule has 5 nitrogen and oxygen atoms in total. The van der Waals surface area contributed by atoms with E-state index in [9.17, 15) is 0 Å². The highest BCUT2D eigenvalue weighted by molar-refractivity contribution is 8.00. The quantitative estimate of drug-likeness (QED) is 0.848. The number of aromatic nitrogens is 4. The van der Waals surface area contributed by atoms with Crippen molar-refractivity contribution in [2.75, 3.05) is 12.4 Å². The molecule has 15 heavy (non-hydrogen) atoms. The summed E-state index contributed by atoms with van der Waals surface area (Å²) in [6, 6.07) is 0. The van der Waals surface area contributed by atoms with Crippen LogP contribution in [0.1, 0.15) is 10.8 Å². The van der Waals surface area contributed by atoms with E-state index in [1.54, 1.807) is 23.1 Å². The first-order valence-electron chi connectivity index (χ1n) is 4.21. The number of anilines is 1. The number of nitrogens with zero attached hydrogens (tertiary/aromatic N) is 4. The molecule has 0 aliphatic carbocycles. The highest BCUT2D eigenvalue weighted by Gasteiger charge is 2.05. The Bertz CT molecular complexity index is 437. The number of rotatable bonds is 4. The summed E-state index contributed by atoms with van der Waals surface area (Å²) in [5, 5.41) is 12.8. The molecule has 2 rings (SSSR count). The van der Waals surface area contributed by atoms with Crippen LogP contribution in [0.4, 0.5) is 5.13 Å². The van der Waals surface area contributed by atoms with Crippen molar-refractivity contribution < 1.29 is 0 Å². The second kappa shape index (κ2) is 4.86. The Morgan fingerprint density at radius 2 is 2.27 bits per heavy atom. The predicted octanol–water partition coefficient (Wildman–Crippen LogP) is 2.03. The van der Waals surface area contributed by atoms with Gasteiger partial charge in [-0.1, -0.05) is 23.1 Å². The van der Waals surface area contributed by atoms with Gasteiger partial charge in [-0.05, 0) is 18.5 Å². The molecule has 0 aliphatic heterocycles. The van der Waals surface area contributed by atoms with Crippen LogP contribution in [0, 0.1) is 6.92 Å². The highest BCUT2D eigenvalue weighted by Crippen LogP contribution is 2.26. The van der Waals surface area contributed by atoms with E-state index < -0.39 is 0 Å². The van der Waals surface area contributed by atoms with Gasteiger partial charge in [0.1, 0.15) is 10.8 Å². The van der Waals surface area contributed by atoms with Gasteiger partial charge < -0.3 is 5.32 Å². The molecule has 2 aromatic rings. The average Bonchev–Trinajstić information content (AvgIpc) is 2.83. The normalized spacial score (nSPS) is 10.5. The third kappa shape index (κ3) is 2.86. The maximum Gasteiger partial charge on any atom is 0.205 e. The van der Waals surface area contributed by atoms with Crippen LogP contribution in [0.15, 0.2) is 4.34 Å². The summed E-state index contributed by atoms with van der Waals surface area (Å²) >= 11 is 4.63. The van der Waals surface area contributed by atoms with E-state index in [0.29, 0.717) is 0 Å². The zero-order chi connectivity index (χ0) is 10.7. The minimum absolute atomic E-state index is 0.800. The van der Waals surface area contributed by atoms with Crippen molar-refractivity contribution in [2.24, 2.45) is 0 Å². The predicted molar refractivity (Wildman–Crippen MR) is 63.7 cm³/mol. The number of hydrogen-bond acceptors (Lipinski definition) is 8. The molecule has 0 bridgehead atoms. The van der Waals surface area contributed by atoms with Crippen LogP contribution in [0.2, 0.25) is 0 Å². The Morgan fingerprint density at radius 1 is 1.40 bits per heavy atom. The van der Waals surface area contributed by atoms with Gasteiger partial charge in [-0.15, -0.1) is 10.2 Å². The third-order valence-electron chi connectivity index (χ3n) is 1.51. The molecule has 0 aromatic carbocycles. The van der Waals surface area contributed by atoms with Crippen LogP contribution in [0.25, 0.3) is 0 Å². The second-order valence-corrected chi connectivity index (χ2v) is 5.68. The zero-order valence-corrected chi connectivity index (χ0v) is 10.7. The van der Waals surface area contributed by atoms with E-state index >= 15 is 0 Å². The van der Waals surface area contributed by atoms with Crippen molar-refractivity contribution in [1.82, 2.24) is 19.6 Å². The summed E-state index contributed by atoms with van der Waals surface area (Å²) < 4.78 is 5.10. The average molecular weight is 259 g/mol. The SMILES string of the molecule is CNc1nnc(CSc2nc(C)ns2)s1. The molecular formula is C7H9N5S3. The van der Waals surface area contributed by atoms with Crippen molar-refractivity contribution in [3.8, 4) is 0 Å². The first kappa shape index (κ1) is 10.8. The van der Waals surface area contributed by atoms with Crippen molar-refractivity contribution in [3.05, 3.63) is 10.8 Å². The fraction of sp³-hybridized carbons (Fsp3) is 0.429. The summed E-state index contributed by atoms with van der Waals surface area (Å²) in [4.78, 5) is 4.26. The minimum Gasteiger partial charge on any atom is -0.363 e. The summed E-state index contributed by atoms with van der Waals surface area (Å²) in [6.45, 7) is 1.89. The zero-order valence-electron chi connectivity index (χ0n) is 8.22. The Labute approximate surface area is 99.5 Å². The molecule has 80 valence electrons. The second-order valence-electron chi connectivity index (χ2n) is 2.65. The van der Waals surface area contributed by atoms with Crippen molar-refractivity contribution in [3.63, 3.8) is 0 Å². The van der Waals surface area contributed by atoms with E-state index in [1.165, 1.54) is 11.5 Å². The lowest BCUT2D eigenvalue weighted by molar-refractivity contribution is 1.04. The maximum absolute atomic E-state index is 4.26. The summed E-state index contributed by atoms with van der Waals surface area (Å²) in [5.41, 5.74) is 0. The third-order valence-corrected chi connectivity index (χ3v) is 4.57. The first-order chi connectivity index (χ1) is 7.28. The summed E-state index contributed by atoms with van der Waals surface area (Å²) in [7, 11) is 1.84. The van der Waals surface area contributed by atoms with Gasteiger partial charge in [0.05, 0.1) is 5.75 Å². The molecule has 0 saturated heterocycles. The Kier molecular flexibility index (Phi) is 3.49. The maximum atomic E-state index is 4.26. The molecule has 0 atom stereocenters. The van der Waals surface area contributed by atoms with Crippen LogP contribution in [-0.4, -0.2) is 26.6 Å². The molecular weight excluding hydrogens is 250 g/mol. The molecule has 0 spiro atoms. The van der Waals surface area contributed by atoms with Gasteiger partial charge in [-0.3, -0.25) is 0 Å². The molecule has 0 fully saturated rings. The Morgan fingerprint density at radius 3 is 2.87 bits per heavy atom. The largest absolute Gasteiger partial charge is 0.363 e. The molecule has 8 heteroatoms. The Balaban J connectivity index is 1.93. The fourth-order valence-corrected chi connectivity index (χ4v) is 3.20. The van der Waals surface area contributed by atoms with E-state index in [-0.39, 0.29) is 0 Å². The van der Waals surface area contributed by atoms with Gasteiger partial charge in [0.2, 0.25) is 5.13 Å². The summed E-state index contributed by atoms with van der Waals surface area (Å²) in [5.74, 6) is 1.63. The summed E-state index contributed by atoms with van der Waals surface area (Å²) in [6.07, 6.45) is 0. The van der Waals surface area contributed by atoms with Crippen LogP contribution in [0.3, 0.4) is 0 Å². The van der Waals surface area contributed by atoms with Crippen molar-refractivity contribution in [2.45, 2.75) is 17.0 Å². The van der Waals surface area contributed by atoms with Crippen LogP contribution in [0.5, 0.6) is 0 Å². The topological polar surface area (TPSA) is 63.6 Å². The lowest BCUT2D eigenvalue weighted by Crippen LogP contribution is -1.84. The van der Waals surface area contributed by atoms with Gasteiger partial charge in [0, 0.05) is 7.05 Å². The molecule has 0 radical (unpaired) electrons. The lowest BCUT2D eigenvalue weighted by atomic mass is 10.8. The Hall–Kier alpha value is -0.730. The molecule has 0 amide bonds. The number of aryl methyl sites for hydroxylation is 1. The molecule has 2 heterocycles. The molecule has 0 aliphatic rings. The molecule has 0 saturated carbocycles. The van der Waals surface area contributed by atoms with Crippen LogP contribution < -0.4 is 5.32 Å². The lowest BCUT2D eigenvalue weighted by Gasteiger charge is -1.90. The van der Waals surface area contributed by atoms with Gasteiger partial charge in [0.15, 0.2) is 4.34 Å². The van der Waals surface area contributed by atoms with Crippen LogP contribution >= 0.6 is 34.6 Å². The number of nitrogens with one attached hydrogen (secondary N) is 1. The van der Waals surface area contributed by atoms with E-state index in [4.69, 9.17) is 0 Å². The monoisotopic (exact) mass is 259 g/mol. The van der Waals surface area contributed by atoms with E-state index in [1.807, 2.05) is 14.0 Å². The minimum atomic E-state index is 0.800. The fourth-order valence-electron chi connectivity index (χ4n) is 0.873. The van der Waals surface area contributed by atoms with Gasteiger partial charge in [-0.2, -0.15) is 4.37 Å². The van der Waals surface area contributed by atoms with Crippen LogP contribution in [-0.2, 0) is 5.75 Å². The molecule has 0 unspecified atom stereocenters. The van der Waals surface area contributed by atoms with Gasteiger partial charge in [0.25, 0.3) is 0 Å².